The van der Waals surface area contributed by atoms with Crippen LogP contribution in [0.1, 0.15) is 61.7 Å². The SMILES string of the molecule is C=C/C(=C\C(=C/C)c1ccc(N)c(Cc2nc3c(-n4cnc(C)c4)cncc3[nH]2)c1)NC(=C)C1CCCCC1. The molecule has 0 saturated heterocycles. The first-order valence-corrected chi connectivity index (χ1v) is 13.6. The van der Waals surface area contributed by atoms with Gasteiger partial charge in [0.25, 0.3) is 0 Å². The van der Waals surface area contributed by atoms with E-state index >= 15 is 0 Å². The van der Waals surface area contributed by atoms with E-state index < -0.39 is 0 Å². The zero-order chi connectivity index (χ0) is 27.4. The smallest absolute Gasteiger partial charge is 0.116 e. The number of nitrogens with two attached hydrogens (primary N) is 1. The maximum atomic E-state index is 6.43. The van der Waals surface area contributed by atoms with Crippen LogP contribution >= 0.6 is 0 Å². The van der Waals surface area contributed by atoms with Crippen LogP contribution in [0.15, 0.2) is 85.9 Å². The third kappa shape index (κ3) is 5.87. The predicted octanol–water partition coefficient (Wildman–Crippen LogP) is 6.78. The number of nitrogens with zero attached hydrogens (tertiary/aromatic N) is 4. The minimum Gasteiger partial charge on any atom is -0.398 e. The van der Waals surface area contributed by atoms with Crippen molar-refractivity contribution >= 4 is 22.3 Å². The van der Waals surface area contributed by atoms with Crippen molar-refractivity contribution in [1.82, 2.24) is 29.8 Å². The Morgan fingerprint density at radius 1 is 1.23 bits per heavy atom. The van der Waals surface area contributed by atoms with E-state index in [1.165, 1.54) is 32.1 Å². The molecule has 1 aromatic carbocycles. The van der Waals surface area contributed by atoms with Gasteiger partial charge in [-0.05, 0) is 73.6 Å². The van der Waals surface area contributed by atoms with Crippen molar-refractivity contribution in [3.8, 4) is 5.69 Å². The molecule has 39 heavy (non-hydrogen) atoms. The fourth-order valence-corrected chi connectivity index (χ4v) is 5.30. The number of allylic oxidation sites excluding steroid dienone is 5. The molecule has 0 amide bonds. The number of nitrogen functional groups attached to an aromatic ring is 1. The highest BCUT2D eigenvalue weighted by Gasteiger charge is 2.17. The van der Waals surface area contributed by atoms with Gasteiger partial charge in [-0.25, -0.2) is 9.97 Å². The van der Waals surface area contributed by atoms with Crippen LogP contribution < -0.4 is 11.1 Å². The van der Waals surface area contributed by atoms with E-state index in [1.807, 2.05) is 43.0 Å². The number of aromatic nitrogens is 5. The first kappa shape index (κ1) is 26.2. The highest BCUT2D eigenvalue weighted by Crippen LogP contribution is 2.29. The van der Waals surface area contributed by atoms with Crippen molar-refractivity contribution in [2.75, 3.05) is 5.73 Å². The summed E-state index contributed by atoms with van der Waals surface area (Å²) in [5.41, 5.74) is 15.9. The second kappa shape index (κ2) is 11.6. The predicted molar refractivity (Wildman–Crippen MR) is 160 cm³/mol. The molecular weight excluding hydrogens is 482 g/mol. The molecule has 0 spiro atoms. The van der Waals surface area contributed by atoms with Crippen LogP contribution in [-0.4, -0.2) is 24.5 Å². The van der Waals surface area contributed by atoms with Crippen LogP contribution in [0.4, 0.5) is 5.69 Å². The number of imidazole rings is 2. The molecule has 7 heteroatoms. The number of fused-ring (bicyclic) bond motifs is 1. The largest absolute Gasteiger partial charge is 0.398 e. The third-order valence-corrected chi connectivity index (χ3v) is 7.49. The summed E-state index contributed by atoms with van der Waals surface area (Å²) in [7, 11) is 0. The zero-order valence-electron chi connectivity index (χ0n) is 22.9. The lowest BCUT2D eigenvalue weighted by Gasteiger charge is -2.25. The van der Waals surface area contributed by atoms with E-state index in [0.717, 1.165) is 62.0 Å². The second-order valence-electron chi connectivity index (χ2n) is 10.3. The van der Waals surface area contributed by atoms with E-state index in [-0.39, 0.29) is 0 Å². The average molecular weight is 520 g/mol. The van der Waals surface area contributed by atoms with Gasteiger partial charge in [0, 0.05) is 29.7 Å². The molecule has 0 atom stereocenters. The molecule has 0 unspecified atom stereocenters. The maximum Gasteiger partial charge on any atom is 0.116 e. The van der Waals surface area contributed by atoms with Crippen molar-refractivity contribution in [3.63, 3.8) is 0 Å². The Balaban J connectivity index is 1.39. The monoisotopic (exact) mass is 519 g/mol. The summed E-state index contributed by atoms with van der Waals surface area (Å²) in [5.74, 6) is 1.35. The molecule has 1 saturated carbocycles. The Morgan fingerprint density at radius 2 is 2.05 bits per heavy atom. The Kier molecular flexibility index (Phi) is 7.77. The summed E-state index contributed by atoms with van der Waals surface area (Å²) in [4.78, 5) is 17.1. The number of benzene rings is 1. The van der Waals surface area contributed by atoms with Crippen molar-refractivity contribution in [2.45, 2.75) is 52.4 Å². The van der Waals surface area contributed by atoms with Gasteiger partial charge in [-0.15, -0.1) is 0 Å². The molecular formula is C32H37N7. The van der Waals surface area contributed by atoms with Gasteiger partial charge in [0.15, 0.2) is 0 Å². The van der Waals surface area contributed by atoms with E-state index in [2.05, 4.69) is 57.7 Å². The van der Waals surface area contributed by atoms with E-state index in [4.69, 9.17) is 10.7 Å². The van der Waals surface area contributed by atoms with E-state index in [9.17, 15) is 0 Å². The Hall–Kier alpha value is -4.39. The number of anilines is 1. The maximum absolute atomic E-state index is 6.43. The number of pyridine rings is 1. The summed E-state index contributed by atoms with van der Waals surface area (Å²) in [6.45, 7) is 12.4. The first-order valence-electron chi connectivity index (χ1n) is 13.6. The molecule has 1 fully saturated rings. The number of hydrogen-bond donors (Lipinski definition) is 3. The lowest BCUT2D eigenvalue weighted by atomic mass is 9.87. The summed E-state index contributed by atoms with van der Waals surface area (Å²) in [6, 6.07) is 6.17. The summed E-state index contributed by atoms with van der Waals surface area (Å²) in [6.07, 6.45) is 20.3. The molecule has 4 aromatic rings. The molecule has 3 aromatic heterocycles. The van der Waals surface area contributed by atoms with Crippen LogP contribution in [0.25, 0.3) is 22.3 Å². The zero-order valence-corrected chi connectivity index (χ0v) is 22.9. The molecule has 7 nitrogen and oxygen atoms in total. The summed E-state index contributed by atoms with van der Waals surface area (Å²) in [5, 5.41) is 3.53. The van der Waals surface area contributed by atoms with Gasteiger partial charge in [0.1, 0.15) is 11.3 Å². The van der Waals surface area contributed by atoms with Gasteiger partial charge < -0.3 is 20.6 Å². The fraction of sp³-hybridized carbons (Fsp3) is 0.281. The standard InChI is InChI=1S/C32H37N7/c1-5-23(15-27(6-2)36-22(4)24-10-8-7-9-11-24)25-12-13-28(33)26(14-25)16-31-37-29-17-34-18-30(32(29)38-31)39-19-21(3)35-20-39/h5-6,12-15,17-20,24,36H,2,4,7-11,16,33H2,1,3H3,(H,37,38)/b23-5+,27-15+. The molecule has 0 radical (unpaired) electrons. The number of nitrogens with one attached hydrogen (secondary N) is 2. The number of rotatable bonds is 9. The minimum atomic E-state index is 0.525. The van der Waals surface area contributed by atoms with Crippen LogP contribution in [0.5, 0.6) is 0 Å². The van der Waals surface area contributed by atoms with Crippen molar-refractivity contribution in [2.24, 2.45) is 5.92 Å². The van der Waals surface area contributed by atoms with Gasteiger partial charge in [-0.2, -0.15) is 0 Å². The molecule has 3 heterocycles. The van der Waals surface area contributed by atoms with Crippen LogP contribution in [0, 0.1) is 12.8 Å². The number of hydrogen-bond acceptors (Lipinski definition) is 5. The first-order chi connectivity index (χ1) is 18.9. The molecule has 5 rings (SSSR count). The van der Waals surface area contributed by atoms with Crippen molar-refractivity contribution in [1.29, 1.82) is 0 Å². The van der Waals surface area contributed by atoms with Gasteiger partial charge in [-0.3, -0.25) is 4.98 Å². The second-order valence-corrected chi connectivity index (χ2v) is 10.3. The molecule has 1 aliphatic carbocycles. The fourth-order valence-electron chi connectivity index (χ4n) is 5.30. The Labute approximate surface area is 230 Å². The van der Waals surface area contributed by atoms with Crippen molar-refractivity contribution < 1.29 is 0 Å². The minimum absolute atomic E-state index is 0.525. The van der Waals surface area contributed by atoms with Gasteiger partial charge in [0.05, 0.1) is 35.6 Å². The average Bonchev–Trinajstić information content (AvgIpc) is 3.58. The topological polar surface area (TPSA) is 97.4 Å². The van der Waals surface area contributed by atoms with Crippen LogP contribution in [-0.2, 0) is 6.42 Å². The van der Waals surface area contributed by atoms with E-state index in [1.54, 1.807) is 12.5 Å². The van der Waals surface area contributed by atoms with E-state index in [0.29, 0.717) is 12.3 Å². The molecule has 4 N–H and O–H groups in total. The van der Waals surface area contributed by atoms with Crippen LogP contribution in [0.3, 0.4) is 0 Å². The lowest BCUT2D eigenvalue weighted by molar-refractivity contribution is 0.393. The van der Waals surface area contributed by atoms with Gasteiger partial charge in [-0.1, -0.05) is 44.6 Å². The van der Waals surface area contributed by atoms with Gasteiger partial charge >= 0.3 is 0 Å². The summed E-state index contributed by atoms with van der Waals surface area (Å²) < 4.78 is 1.95. The molecule has 0 bridgehead atoms. The lowest BCUT2D eigenvalue weighted by Crippen LogP contribution is -2.20. The Bertz CT molecular complexity index is 1560. The Morgan fingerprint density at radius 3 is 2.77 bits per heavy atom. The molecule has 0 aliphatic heterocycles. The molecule has 1 aliphatic rings. The highest BCUT2D eigenvalue weighted by atomic mass is 15.1. The normalized spacial score (nSPS) is 15.0. The van der Waals surface area contributed by atoms with Crippen molar-refractivity contribution in [3.05, 3.63) is 109 Å². The number of H-pyrrole nitrogens is 1. The third-order valence-electron chi connectivity index (χ3n) is 7.49. The molecule has 200 valence electrons. The number of aromatic amines is 1. The number of aryl methyl sites for hydroxylation is 1. The van der Waals surface area contributed by atoms with Crippen LogP contribution in [0.2, 0.25) is 0 Å². The highest BCUT2D eigenvalue weighted by molar-refractivity contribution is 5.83. The summed E-state index contributed by atoms with van der Waals surface area (Å²) >= 11 is 0. The van der Waals surface area contributed by atoms with Gasteiger partial charge in [0.2, 0.25) is 0 Å². The quantitative estimate of drug-likeness (QED) is 0.167.